The number of hydrogen-bond acceptors (Lipinski definition) is 5. The molecule has 2 amide bonds. The number of amides is 2. The van der Waals surface area contributed by atoms with Gasteiger partial charge in [0.1, 0.15) is 5.75 Å². The van der Waals surface area contributed by atoms with E-state index >= 15 is 0 Å². The van der Waals surface area contributed by atoms with Crippen LogP contribution in [0, 0.1) is 11.3 Å². The van der Waals surface area contributed by atoms with Crippen molar-refractivity contribution in [2.45, 2.75) is 40.0 Å². The number of carbonyl (C=O) groups excluding carboxylic acids is 2. The highest BCUT2D eigenvalue weighted by atomic mass is 16.5. The first-order valence-electron chi connectivity index (χ1n) is 12.0. The van der Waals surface area contributed by atoms with E-state index in [1.54, 1.807) is 7.11 Å². The molecule has 2 fully saturated rings. The smallest absolute Gasteiger partial charge is 0.227 e. The van der Waals surface area contributed by atoms with Gasteiger partial charge in [-0.15, -0.1) is 0 Å². The third-order valence-electron chi connectivity index (χ3n) is 6.55. The largest absolute Gasteiger partial charge is 0.497 e. The number of methoxy groups -OCH3 is 1. The number of benzene rings is 1. The van der Waals surface area contributed by atoms with Gasteiger partial charge in [0.25, 0.3) is 0 Å². The lowest BCUT2D eigenvalue weighted by molar-refractivity contribution is -0.142. The number of piperazine rings is 1. The summed E-state index contributed by atoms with van der Waals surface area (Å²) in [5, 5.41) is 3.12. The molecular formula is C25H40N4O3. The number of nitrogens with one attached hydrogen (secondary N) is 1. The van der Waals surface area contributed by atoms with Crippen molar-refractivity contribution in [1.82, 2.24) is 15.1 Å². The van der Waals surface area contributed by atoms with Crippen LogP contribution in [0.2, 0.25) is 0 Å². The second-order valence-corrected chi connectivity index (χ2v) is 9.99. The number of rotatable bonds is 7. The number of hydrogen-bond donors (Lipinski definition) is 1. The van der Waals surface area contributed by atoms with E-state index in [2.05, 4.69) is 27.2 Å². The summed E-state index contributed by atoms with van der Waals surface area (Å²) in [6, 6.07) is 8.26. The molecule has 0 saturated carbocycles. The Morgan fingerprint density at radius 1 is 1.00 bits per heavy atom. The van der Waals surface area contributed by atoms with Crippen molar-refractivity contribution in [2.24, 2.45) is 11.3 Å². The van der Waals surface area contributed by atoms with Gasteiger partial charge in [0, 0.05) is 62.8 Å². The van der Waals surface area contributed by atoms with E-state index in [0.717, 1.165) is 64.3 Å². The molecule has 2 heterocycles. The summed E-state index contributed by atoms with van der Waals surface area (Å²) in [6.45, 7) is 13.1. The Bertz CT molecular complexity index is 743. The molecule has 2 aliphatic rings. The molecule has 0 unspecified atom stereocenters. The van der Waals surface area contributed by atoms with Gasteiger partial charge in [0.2, 0.25) is 11.8 Å². The molecule has 0 aromatic heterocycles. The minimum atomic E-state index is -0.352. The molecular weight excluding hydrogens is 404 g/mol. The molecule has 32 heavy (non-hydrogen) atoms. The second-order valence-electron chi connectivity index (χ2n) is 9.99. The number of piperidine rings is 1. The Kier molecular flexibility index (Phi) is 8.40. The molecule has 1 N–H and O–H groups in total. The van der Waals surface area contributed by atoms with E-state index in [0.29, 0.717) is 13.1 Å². The van der Waals surface area contributed by atoms with E-state index in [1.165, 1.54) is 5.69 Å². The van der Waals surface area contributed by atoms with Crippen LogP contribution >= 0.6 is 0 Å². The third kappa shape index (κ3) is 6.61. The van der Waals surface area contributed by atoms with Crippen LogP contribution in [0.4, 0.5) is 5.69 Å². The number of anilines is 1. The minimum absolute atomic E-state index is 0.0343. The first kappa shape index (κ1) is 24.4. The molecule has 2 saturated heterocycles. The molecule has 2 aliphatic heterocycles. The van der Waals surface area contributed by atoms with Crippen molar-refractivity contribution in [3.05, 3.63) is 24.3 Å². The summed E-state index contributed by atoms with van der Waals surface area (Å²) in [5.41, 5.74) is 0.892. The fourth-order valence-corrected chi connectivity index (χ4v) is 4.50. The Hall–Kier alpha value is -2.28. The van der Waals surface area contributed by atoms with Crippen molar-refractivity contribution in [3.8, 4) is 5.75 Å². The van der Waals surface area contributed by atoms with Gasteiger partial charge in [-0.05, 0) is 50.1 Å². The van der Waals surface area contributed by atoms with Crippen molar-refractivity contribution < 1.29 is 14.3 Å². The van der Waals surface area contributed by atoms with Crippen LogP contribution < -0.4 is 15.0 Å². The van der Waals surface area contributed by atoms with E-state index in [9.17, 15) is 9.59 Å². The van der Waals surface area contributed by atoms with Crippen LogP contribution in [0.15, 0.2) is 24.3 Å². The summed E-state index contributed by atoms with van der Waals surface area (Å²) in [7, 11) is 1.69. The third-order valence-corrected chi connectivity index (χ3v) is 6.55. The average molecular weight is 445 g/mol. The highest BCUT2D eigenvalue weighted by Gasteiger charge is 2.32. The highest BCUT2D eigenvalue weighted by Crippen LogP contribution is 2.24. The number of likely N-dealkylation sites (tertiary alicyclic amines) is 1. The summed E-state index contributed by atoms with van der Waals surface area (Å²) in [6.07, 6.45) is 2.50. The first-order valence-corrected chi connectivity index (χ1v) is 12.0. The topological polar surface area (TPSA) is 65.1 Å². The predicted octanol–water partition coefficient (Wildman–Crippen LogP) is 2.61. The van der Waals surface area contributed by atoms with Gasteiger partial charge >= 0.3 is 0 Å². The van der Waals surface area contributed by atoms with Crippen LogP contribution in [-0.2, 0) is 9.59 Å². The number of carbonyl (C=O) groups is 2. The lowest BCUT2D eigenvalue weighted by Gasteiger charge is -2.36. The van der Waals surface area contributed by atoms with E-state index in [-0.39, 0.29) is 23.1 Å². The molecule has 0 atom stereocenters. The molecule has 7 heteroatoms. The number of ether oxygens (including phenoxy) is 1. The van der Waals surface area contributed by atoms with Crippen molar-refractivity contribution in [3.63, 3.8) is 0 Å². The minimum Gasteiger partial charge on any atom is -0.497 e. The lowest BCUT2D eigenvalue weighted by Crippen LogP contribution is -2.47. The normalized spacial score (nSPS) is 18.5. The Labute approximate surface area is 193 Å². The quantitative estimate of drug-likeness (QED) is 0.655. The molecule has 1 aromatic carbocycles. The molecule has 0 spiro atoms. The highest BCUT2D eigenvalue weighted by molar-refractivity contribution is 5.82. The van der Waals surface area contributed by atoms with Crippen LogP contribution in [-0.4, -0.2) is 81.1 Å². The molecule has 0 radical (unpaired) electrons. The van der Waals surface area contributed by atoms with E-state index < -0.39 is 0 Å². The van der Waals surface area contributed by atoms with Gasteiger partial charge in [-0.25, -0.2) is 0 Å². The molecule has 178 valence electrons. The standard InChI is InChI=1S/C25H40N4O3/c1-25(2,3)24(31)29-14-10-20(11-15-29)23(30)26-12-5-13-27-16-18-28(19-17-27)21-6-8-22(32-4)9-7-21/h6-9,20H,5,10-19H2,1-4H3,(H,26,30). The van der Waals surface area contributed by atoms with Crippen LogP contribution in [0.1, 0.15) is 40.0 Å². The molecule has 3 rings (SSSR count). The zero-order valence-electron chi connectivity index (χ0n) is 20.2. The Balaban J connectivity index is 1.29. The summed E-state index contributed by atoms with van der Waals surface area (Å²) < 4.78 is 5.24. The van der Waals surface area contributed by atoms with Crippen molar-refractivity contribution in [1.29, 1.82) is 0 Å². The average Bonchev–Trinajstić information content (AvgIpc) is 2.81. The predicted molar refractivity (Wildman–Crippen MR) is 128 cm³/mol. The van der Waals surface area contributed by atoms with Gasteiger partial charge in [-0.2, -0.15) is 0 Å². The maximum atomic E-state index is 12.5. The SMILES string of the molecule is COc1ccc(N2CCN(CCCNC(=O)C3CCN(C(=O)C(C)(C)C)CC3)CC2)cc1. The summed E-state index contributed by atoms with van der Waals surface area (Å²) in [5.74, 6) is 1.26. The maximum Gasteiger partial charge on any atom is 0.227 e. The zero-order chi connectivity index (χ0) is 23.1. The fraction of sp³-hybridized carbons (Fsp3) is 0.680. The van der Waals surface area contributed by atoms with E-state index in [4.69, 9.17) is 4.74 Å². The van der Waals surface area contributed by atoms with Crippen LogP contribution in [0.3, 0.4) is 0 Å². The van der Waals surface area contributed by atoms with Gasteiger partial charge < -0.3 is 19.9 Å². The van der Waals surface area contributed by atoms with Crippen molar-refractivity contribution in [2.75, 3.05) is 64.4 Å². The van der Waals surface area contributed by atoms with Crippen LogP contribution in [0.25, 0.3) is 0 Å². The monoisotopic (exact) mass is 444 g/mol. The van der Waals surface area contributed by atoms with E-state index in [1.807, 2.05) is 37.8 Å². The van der Waals surface area contributed by atoms with Gasteiger partial charge in [0.15, 0.2) is 0 Å². The van der Waals surface area contributed by atoms with Gasteiger partial charge in [0.05, 0.1) is 7.11 Å². The molecule has 0 bridgehead atoms. The van der Waals surface area contributed by atoms with Crippen molar-refractivity contribution >= 4 is 17.5 Å². The molecule has 0 aliphatic carbocycles. The molecule has 1 aromatic rings. The fourth-order valence-electron chi connectivity index (χ4n) is 4.50. The zero-order valence-corrected chi connectivity index (χ0v) is 20.2. The van der Waals surface area contributed by atoms with Crippen LogP contribution in [0.5, 0.6) is 5.75 Å². The Morgan fingerprint density at radius 2 is 1.62 bits per heavy atom. The maximum absolute atomic E-state index is 12.5. The lowest BCUT2D eigenvalue weighted by atomic mass is 9.90. The van der Waals surface area contributed by atoms with Gasteiger partial charge in [-0.3, -0.25) is 14.5 Å². The first-order chi connectivity index (χ1) is 15.3. The second kappa shape index (κ2) is 11.0. The summed E-state index contributed by atoms with van der Waals surface area (Å²) >= 11 is 0. The summed E-state index contributed by atoms with van der Waals surface area (Å²) in [4.78, 5) is 31.7. The molecule has 7 nitrogen and oxygen atoms in total. The Morgan fingerprint density at radius 3 is 2.19 bits per heavy atom. The number of nitrogens with zero attached hydrogens (tertiary/aromatic N) is 3. The van der Waals surface area contributed by atoms with Gasteiger partial charge in [-0.1, -0.05) is 20.8 Å².